The Balaban J connectivity index is 2.27. The molecule has 2 unspecified atom stereocenters. The van der Waals surface area contributed by atoms with Crippen LogP contribution in [-0.4, -0.2) is 63.7 Å². The van der Waals surface area contributed by atoms with Gasteiger partial charge in [0.1, 0.15) is 5.75 Å². The zero-order valence-corrected chi connectivity index (χ0v) is 13.4. The van der Waals surface area contributed by atoms with Crippen LogP contribution in [0.2, 0.25) is 5.02 Å². The average Bonchev–Trinajstić information content (AvgIpc) is 2.45. The molecular weight excluding hydrogens is 274 g/mol. The first-order valence-electron chi connectivity index (χ1n) is 6.96. The van der Waals surface area contributed by atoms with E-state index < -0.39 is 0 Å². The summed E-state index contributed by atoms with van der Waals surface area (Å²) in [6.45, 7) is 3.25. The Bertz CT molecular complexity index is 455. The van der Waals surface area contributed by atoms with Crippen LogP contribution in [0.3, 0.4) is 0 Å². The van der Waals surface area contributed by atoms with Gasteiger partial charge in [0.25, 0.3) is 0 Å². The number of nitrogens with zero attached hydrogens (tertiary/aromatic N) is 2. The van der Waals surface area contributed by atoms with Crippen molar-refractivity contribution < 1.29 is 4.74 Å². The SMILES string of the molecule is CNC(c1ccc(Cl)c(OC)c1)C1CN(C)CCN1C. The Morgan fingerprint density at radius 1 is 1.35 bits per heavy atom. The molecule has 0 bridgehead atoms. The molecule has 0 aromatic heterocycles. The van der Waals surface area contributed by atoms with E-state index in [1.165, 1.54) is 5.56 Å². The highest BCUT2D eigenvalue weighted by molar-refractivity contribution is 6.32. The predicted molar refractivity (Wildman–Crippen MR) is 83.7 cm³/mol. The van der Waals surface area contributed by atoms with Crippen molar-refractivity contribution in [2.24, 2.45) is 0 Å². The van der Waals surface area contributed by atoms with E-state index in [1.54, 1.807) is 7.11 Å². The molecule has 20 heavy (non-hydrogen) atoms. The fraction of sp³-hybridized carbons (Fsp3) is 0.600. The largest absolute Gasteiger partial charge is 0.495 e. The molecule has 4 nitrogen and oxygen atoms in total. The number of hydrogen-bond donors (Lipinski definition) is 1. The molecule has 1 saturated heterocycles. The van der Waals surface area contributed by atoms with Crippen LogP contribution in [0.25, 0.3) is 0 Å². The summed E-state index contributed by atoms with van der Waals surface area (Å²) in [5.41, 5.74) is 1.21. The van der Waals surface area contributed by atoms with Crippen molar-refractivity contribution in [3.63, 3.8) is 0 Å². The van der Waals surface area contributed by atoms with Crippen LogP contribution in [0.1, 0.15) is 11.6 Å². The second-order valence-electron chi connectivity index (χ2n) is 5.47. The quantitative estimate of drug-likeness (QED) is 0.918. The molecule has 0 aliphatic carbocycles. The Morgan fingerprint density at radius 3 is 2.75 bits per heavy atom. The third kappa shape index (κ3) is 3.26. The van der Waals surface area contributed by atoms with Gasteiger partial charge in [-0.3, -0.25) is 4.90 Å². The summed E-state index contributed by atoms with van der Waals surface area (Å²) in [5, 5.41) is 4.10. The van der Waals surface area contributed by atoms with Crippen LogP contribution in [0, 0.1) is 0 Å². The Kier molecular flexibility index (Phi) is 5.27. The fourth-order valence-electron chi connectivity index (χ4n) is 2.86. The molecule has 1 aromatic rings. The monoisotopic (exact) mass is 297 g/mol. The van der Waals surface area contributed by atoms with Crippen molar-refractivity contribution in [3.8, 4) is 5.75 Å². The molecule has 112 valence electrons. The van der Waals surface area contributed by atoms with Crippen molar-refractivity contribution >= 4 is 11.6 Å². The van der Waals surface area contributed by atoms with Crippen molar-refractivity contribution in [2.45, 2.75) is 12.1 Å². The van der Waals surface area contributed by atoms with Crippen molar-refractivity contribution in [1.29, 1.82) is 0 Å². The maximum Gasteiger partial charge on any atom is 0.137 e. The van der Waals surface area contributed by atoms with Crippen LogP contribution in [-0.2, 0) is 0 Å². The maximum absolute atomic E-state index is 6.12. The van der Waals surface area contributed by atoms with Crippen LogP contribution in [0.4, 0.5) is 0 Å². The zero-order chi connectivity index (χ0) is 14.7. The summed E-state index contributed by atoms with van der Waals surface area (Å²) in [7, 11) is 8.03. The normalized spacial score (nSPS) is 22.8. The first-order valence-corrected chi connectivity index (χ1v) is 7.34. The Morgan fingerprint density at radius 2 is 2.10 bits per heavy atom. The predicted octanol–water partition coefficient (Wildman–Crippen LogP) is 1.85. The Labute approximate surface area is 126 Å². The van der Waals surface area contributed by atoms with Gasteiger partial charge in [0, 0.05) is 31.7 Å². The average molecular weight is 298 g/mol. The molecule has 0 saturated carbocycles. The standard InChI is InChI=1S/C15H24ClN3O/c1-17-15(13-10-18(2)7-8-19(13)3)11-5-6-12(16)14(9-11)20-4/h5-6,9,13,15,17H,7-8,10H2,1-4H3. The van der Waals surface area contributed by atoms with Gasteiger partial charge in [0.05, 0.1) is 12.1 Å². The molecule has 0 radical (unpaired) electrons. The van der Waals surface area contributed by atoms with E-state index in [9.17, 15) is 0 Å². The van der Waals surface area contributed by atoms with Gasteiger partial charge in [-0.15, -0.1) is 0 Å². The van der Waals surface area contributed by atoms with Crippen molar-refractivity contribution in [3.05, 3.63) is 28.8 Å². The van der Waals surface area contributed by atoms with Crippen molar-refractivity contribution in [1.82, 2.24) is 15.1 Å². The van der Waals surface area contributed by atoms with Gasteiger partial charge in [0.15, 0.2) is 0 Å². The van der Waals surface area contributed by atoms with Crippen LogP contribution in [0.15, 0.2) is 18.2 Å². The minimum atomic E-state index is 0.258. The van der Waals surface area contributed by atoms with E-state index in [4.69, 9.17) is 16.3 Å². The lowest BCUT2D eigenvalue weighted by Gasteiger charge is -2.42. The van der Waals surface area contributed by atoms with Crippen LogP contribution < -0.4 is 10.1 Å². The summed E-state index contributed by atoms with van der Waals surface area (Å²) < 4.78 is 5.33. The highest BCUT2D eigenvalue weighted by Crippen LogP contribution is 2.30. The molecule has 5 heteroatoms. The van der Waals surface area contributed by atoms with E-state index in [0.29, 0.717) is 11.1 Å². The number of rotatable bonds is 4. The first kappa shape index (κ1) is 15.6. The topological polar surface area (TPSA) is 27.7 Å². The van der Waals surface area contributed by atoms with Gasteiger partial charge in [-0.25, -0.2) is 0 Å². The third-order valence-corrected chi connectivity index (χ3v) is 4.44. The van der Waals surface area contributed by atoms with E-state index >= 15 is 0 Å². The Hall–Kier alpha value is -0.810. The molecular formula is C15H24ClN3O. The molecule has 2 rings (SSSR count). The number of ether oxygens (including phenoxy) is 1. The van der Waals surface area contributed by atoms with E-state index in [-0.39, 0.29) is 6.04 Å². The zero-order valence-electron chi connectivity index (χ0n) is 12.7. The first-order chi connectivity index (χ1) is 9.56. The molecule has 1 aliphatic heterocycles. The molecule has 1 fully saturated rings. The lowest BCUT2D eigenvalue weighted by atomic mass is 9.96. The molecule has 1 aromatic carbocycles. The minimum Gasteiger partial charge on any atom is -0.495 e. The maximum atomic E-state index is 6.12. The number of halogens is 1. The lowest BCUT2D eigenvalue weighted by Crippen LogP contribution is -2.54. The molecule has 1 heterocycles. The van der Waals surface area contributed by atoms with Gasteiger partial charge >= 0.3 is 0 Å². The highest BCUT2D eigenvalue weighted by atomic mass is 35.5. The van der Waals surface area contributed by atoms with Crippen LogP contribution >= 0.6 is 11.6 Å². The smallest absolute Gasteiger partial charge is 0.137 e. The third-order valence-electron chi connectivity index (χ3n) is 4.13. The number of nitrogens with one attached hydrogen (secondary N) is 1. The summed E-state index contributed by atoms with van der Waals surface area (Å²) in [6.07, 6.45) is 0. The van der Waals surface area contributed by atoms with Gasteiger partial charge < -0.3 is 15.0 Å². The summed E-state index contributed by atoms with van der Waals surface area (Å²) in [4.78, 5) is 4.80. The second-order valence-corrected chi connectivity index (χ2v) is 5.88. The van der Waals surface area contributed by atoms with E-state index in [2.05, 4.69) is 35.3 Å². The number of likely N-dealkylation sites (N-methyl/N-ethyl adjacent to an activating group) is 3. The van der Waals surface area contributed by atoms with Gasteiger partial charge in [-0.2, -0.15) is 0 Å². The molecule has 0 spiro atoms. The van der Waals surface area contributed by atoms with Gasteiger partial charge in [0.2, 0.25) is 0 Å². The summed E-state index contributed by atoms with van der Waals surface area (Å²) >= 11 is 6.12. The van der Waals surface area contributed by atoms with Gasteiger partial charge in [-0.1, -0.05) is 17.7 Å². The number of methoxy groups -OCH3 is 1. The summed E-state index contributed by atoms with van der Waals surface area (Å²) in [6, 6.07) is 6.71. The summed E-state index contributed by atoms with van der Waals surface area (Å²) in [5.74, 6) is 0.733. The molecule has 2 atom stereocenters. The number of piperazine rings is 1. The van der Waals surface area contributed by atoms with Crippen molar-refractivity contribution in [2.75, 3.05) is 47.9 Å². The fourth-order valence-corrected chi connectivity index (χ4v) is 3.05. The van der Waals surface area contributed by atoms with E-state index in [1.807, 2.05) is 19.2 Å². The lowest BCUT2D eigenvalue weighted by molar-refractivity contribution is 0.0896. The minimum absolute atomic E-state index is 0.258. The number of benzene rings is 1. The van der Waals surface area contributed by atoms with E-state index in [0.717, 1.165) is 25.4 Å². The molecule has 1 N–H and O–H groups in total. The molecule has 1 aliphatic rings. The second kappa shape index (κ2) is 6.76. The van der Waals surface area contributed by atoms with Crippen LogP contribution in [0.5, 0.6) is 5.75 Å². The molecule has 0 amide bonds. The number of hydrogen-bond acceptors (Lipinski definition) is 4. The van der Waals surface area contributed by atoms with Gasteiger partial charge in [-0.05, 0) is 38.8 Å². The highest BCUT2D eigenvalue weighted by Gasteiger charge is 2.30.